The van der Waals surface area contributed by atoms with Gasteiger partial charge in [0.2, 0.25) is 5.91 Å². The molecule has 0 aliphatic rings. The third kappa shape index (κ3) is 4.35. The first-order valence-corrected chi connectivity index (χ1v) is 10.9. The summed E-state index contributed by atoms with van der Waals surface area (Å²) in [7, 11) is 0. The molecule has 2 heterocycles. The highest BCUT2D eigenvalue weighted by molar-refractivity contribution is 7.13. The van der Waals surface area contributed by atoms with Crippen LogP contribution in [0.5, 0.6) is 5.75 Å². The Morgan fingerprint density at radius 2 is 2.10 bits per heavy atom. The maximum atomic E-state index is 12.6. The van der Waals surface area contributed by atoms with Crippen molar-refractivity contribution in [3.63, 3.8) is 0 Å². The second kappa shape index (κ2) is 8.90. The van der Waals surface area contributed by atoms with E-state index in [0.29, 0.717) is 34.4 Å². The molecule has 1 amide bonds. The van der Waals surface area contributed by atoms with Crippen LogP contribution >= 0.6 is 22.9 Å². The minimum absolute atomic E-state index is 0.121. The number of hydrogen-bond acceptors (Lipinski definition) is 5. The summed E-state index contributed by atoms with van der Waals surface area (Å²) < 4.78 is 11.6. The number of benzene rings is 2. The summed E-state index contributed by atoms with van der Waals surface area (Å²) in [4.78, 5) is 17.1. The van der Waals surface area contributed by atoms with Crippen LogP contribution in [0.2, 0.25) is 5.02 Å². The molecule has 1 atom stereocenters. The number of ether oxygens (including phenoxy) is 1. The van der Waals surface area contributed by atoms with Crippen molar-refractivity contribution in [1.29, 1.82) is 0 Å². The highest BCUT2D eigenvalue weighted by Crippen LogP contribution is 2.32. The Morgan fingerprint density at radius 3 is 2.90 bits per heavy atom. The molecule has 5 nitrogen and oxygen atoms in total. The fourth-order valence-corrected chi connectivity index (χ4v) is 4.35. The lowest BCUT2D eigenvalue weighted by Crippen LogP contribution is -2.27. The summed E-state index contributed by atoms with van der Waals surface area (Å²) >= 11 is 7.72. The Hall–Kier alpha value is -2.83. The average Bonchev–Trinajstić information content (AvgIpc) is 3.36. The van der Waals surface area contributed by atoms with E-state index in [1.54, 1.807) is 0 Å². The number of rotatable bonds is 7. The first-order chi connectivity index (χ1) is 14.5. The quantitative estimate of drug-likeness (QED) is 0.381. The highest BCUT2D eigenvalue weighted by atomic mass is 35.5. The smallest absolute Gasteiger partial charge is 0.226 e. The molecule has 1 N–H and O–H groups in total. The van der Waals surface area contributed by atoms with Crippen LogP contribution in [0.4, 0.5) is 0 Å². The molecule has 30 heavy (non-hydrogen) atoms. The number of amides is 1. The monoisotopic (exact) mass is 440 g/mol. The van der Waals surface area contributed by atoms with Gasteiger partial charge in [-0.1, -0.05) is 41.9 Å². The number of nitrogens with zero attached hydrogens (tertiary/aromatic N) is 1. The number of halogens is 1. The largest absolute Gasteiger partial charge is 0.490 e. The molecule has 0 radical (unpaired) electrons. The molecule has 7 heteroatoms. The molecule has 0 aliphatic carbocycles. The first kappa shape index (κ1) is 20.4. The van der Waals surface area contributed by atoms with E-state index in [2.05, 4.69) is 10.3 Å². The van der Waals surface area contributed by atoms with Crippen molar-refractivity contribution in [3.05, 3.63) is 70.4 Å². The Kier molecular flexibility index (Phi) is 6.06. The van der Waals surface area contributed by atoms with Gasteiger partial charge in [-0.2, -0.15) is 0 Å². The molecule has 1 unspecified atom stereocenters. The maximum Gasteiger partial charge on any atom is 0.226 e. The number of para-hydroxylation sites is 1. The van der Waals surface area contributed by atoms with Crippen molar-refractivity contribution in [3.8, 4) is 16.3 Å². The number of thiazole rings is 1. The number of aromatic nitrogens is 1. The fraction of sp³-hybridized carbons (Fsp3) is 0.217. The molecule has 0 fully saturated rings. The minimum Gasteiger partial charge on any atom is -0.490 e. The SMILES string of the molecule is CCOc1cccc2cc(C(C)NC(=O)Cc3csc(-c4ccccc4Cl)n3)oc12. The molecule has 154 valence electrons. The van der Waals surface area contributed by atoms with E-state index in [4.69, 9.17) is 20.8 Å². The van der Waals surface area contributed by atoms with E-state index in [1.165, 1.54) is 11.3 Å². The fourth-order valence-electron chi connectivity index (χ4n) is 3.21. The first-order valence-electron chi connectivity index (χ1n) is 9.69. The van der Waals surface area contributed by atoms with Crippen molar-refractivity contribution < 1.29 is 13.9 Å². The van der Waals surface area contributed by atoms with E-state index < -0.39 is 0 Å². The summed E-state index contributed by atoms with van der Waals surface area (Å²) in [6.45, 7) is 4.39. The molecule has 0 spiro atoms. The lowest BCUT2D eigenvalue weighted by molar-refractivity contribution is -0.121. The van der Waals surface area contributed by atoms with Gasteiger partial charge >= 0.3 is 0 Å². The summed E-state index contributed by atoms with van der Waals surface area (Å²) in [5.74, 6) is 1.26. The van der Waals surface area contributed by atoms with Crippen LogP contribution in [0.15, 0.2) is 58.3 Å². The normalized spacial score (nSPS) is 12.1. The topological polar surface area (TPSA) is 64.4 Å². The van der Waals surface area contributed by atoms with Gasteiger partial charge in [-0.15, -0.1) is 11.3 Å². The van der Waals surface area contributed by atoms with Crippen LogP contribution in [0, 0.1) is 0 Å². The van der Waals surface area contributed by atoms with Gasteiger partial charge in [-0.05, 0) is 32.0 Å². The summed E-state index contributed by atoms with van der Waals surface area (Å²) in [5.41, 5.74) is 2.28. The molecule has 4 aromatic rings. The molecule has 0 aliphatic heterocycles. The minimum atomic E-state index is -0.277. The van der Waals surface area contributed by atoms with Crippen LogP contribution in [0.1, 0.15) is 31.3 Å². The molecule has 0 saturated heterocycles. The van der Waals surface area contributed by atoms with Crippen LogP contribution in [-0.2, 0) is 11.2 Å². The van der Waals surface area contributed by atoms with Gasteiger partial charge in [0.25, 0.3) is 0 Å². The van der Waals surface area contributed by atoms with Gasteiger partial charge < -0.3 is 14.5 Å². The molecule has 0 saturated carbocycles. The van der Waals surface area contributed by atoms with Crippen LogP contribution < -0.4 is 10.1 Å². The zero-order valence-electron chi connectivity index (χ0n) is 16.6. The Morgan fingerprint density at radius 1 is 1.27 bits per heavy atom. The molecular formula is C23H21ClN2O3S. The van der Waals surface area contributed by atoms with Crippen molar-refractivity contribution >= 4 is 39.8 Å². The molecule has 2 aromatic carbocycles. The number of furan rings is 1. The van der Waals surface area contributed by atoms with Gasteiger partial charge in [-0.25, -0.2) is 4.98 Å². The predicted octanol–water partition coefficient (Wildman–Crippen LogP) is 6.03. The van der Waals surface area contributed by atoms with Crippen LogP contribution in [0.25, 0.3) is 21.5 Å². The number of hydrogen-bond donors (Lipinski definition) is 1. The van der Waals surface area contributed by atoms with Gasteiger partial charge in [0, 0.05) is 16.3 Å². The zero-order chi connectivity index (χ0) is 21.1. The van der Waals surface area contributed by atoms with Gasteiger partial charge in [0.1, 0.15) is 10.8 Å². The second-order valence-electron chi connectivity index (χ2n) is 6.85. The summed E-state index contributed by atoms with van der Waals surface area (Å²) in [6.07, 6.45) is 0.190. The van der Waals surface area contributed by atoms with Crippen molar-refractivity contribution in [2.45, 2.75) is 26.3 Å². The molecule has 0 bridgehead atoms. The lowest BCUT2D eigenvalue weighted by Gasteiger charge is -2.10. The molecular weight excluding hydrogens is 420 g/mol. The second-order valence-corrected chi connectivity index (χ2v) is 8.11. The third-order valence-electron chi connectivity index (χ3n) is 4.63. The van der Waals surface area contributed by atoms with Crippen molar-refractivity contribution in [2.75, 3.05) is 6.61 Å². The van der Waals surface area contributed by atoms with Gasteiger partial charge in [0.05, 0.1) is 29.8 Å². The van der Waals surface area contributed by atoms with E-state index in [-0.39, 0.29) is 18.4 Å². The van der Waals surface area contributed by atoms with Gasteiger partial charge in [-0.3, -0.25) is 4.79 Å². The highest BCUT2D eigenvalue weighted by Gasteiger charge is 2.17. The van der Waals surface area contributed by atoms with Gasteiger partial charge in [0.15, 0.2) is 11.3 Å². The van der Waals surface area contributed by atoms with Crippen LogP contribution in [-0.4, -0.2) is 17.5 Å². The lowest BCUT2D eigenvalue weighted by atomic mass is 10.2. The maximum absolute atomic E-state index is 12.6. The van der Waals surface area contributed by atoms with Crippen LogP contribution in [0.3, 0.4) is 0 Å². The number of carbonyl (C=O) groups excluding carboxylic acids is 1. The van der Waals surface area contributed by atoms with E-state index in [0.717, 1.165) is 16.0 Å². The molecule has 2 aromatic heterocycles. The van der Waals surface area contributed by atoms with E-state index >= 15 is 0 Å². The van der Waals surface area contributed by atoms with E-state index in [9.17, 15) is 4.79 Å². The van der Waals surface area contributed by atoms with Crippen molar-refractivity contribution in [1.82, 2.24) is 10.3 Å². The Bertz CT molecular complexity index is 1180. The Labute approximate surface area is 183 Å². The summed E-state index contributed by atoms with van der Waals surface area (Å²) in [6, 6.07) is 15.0. The van der Waals surface area contributed by atoms with E-state index in [1.807, 2.05) is 67.8 Å². The Balaban J connectivity index is 1.44. The third-order valence-corrected chi connectivity index (χ3v) is 5.88. The van der Waals surface area contributed by atoms with Crippen molar-refractivity contribution in [2.24, 2.45) is 0 Å². The summed E-state index contributed by atoms with van der Waals surface area (Å²) in [5, 5.41) is 7.26. The predicted molar refractivity (Wildman–Crippen MR) is 120 cm³/mol. The number of fused-ring (bicyclic) bond motifs is 1. The molecule has 4 rings (SSSR count). The zero-order valence-corrected chi connectivity index (χ0v) is 18.2. The average molecular weight is 441 g/mol. The number of nitrogens with one attached hydrogen (secondary N) is 1. The standard InChI is InChI=1S/C23H21ClN2O3S/c1-3-28-19-10-6-7-15-11-20(29-22(15)19)14(2)25-21(27)12-16-13-30-23(26-16)17-8-4-5-9-18(17)24/h4-11,13-14H,3,12H2,1-2H3,(H,25,27). The number of carbonyl (C=O) groups is 1.